The Bertz CT molecular complexity index is 650. The third kappa shape index (κ3) is 2.78. The van der Waals surface area contributed by atoms with Crippen LogP contribution < -0.4 is 0 Å². The number of ether oxygens (including phenoxy) is 1. The normalized spacial score (nSPS) is 18.1. The summed E-state index contributed by atoms with van der Waals surface area (Å²) >= 11 is 0. The molecule has 0 saturated heterocycles. The molecule has 0 saturated carbocycles. The topological polar surface area (TPSA) is 54.7 Å². The second kappa shape index (κ2) is 5.61. The van der Waals surface area contributed by atoms with E-state index in [1.165, 1.54) is 6.07 Å². The molecule has 21 heavy (non-hydrogen) atoms. The van der Waals surface area contributed by atoms with E-state index in [-0.39, 0.29) is 17.8 Å². The van der Waals surface area contributed by atoms with Crippen molar-refractivity contribution in [2.45, 2.75) is 19.2 Å². The molecule has 0 aliphatic carbocycles. The Morgan fingerprint density at radius 1 is 1.29 bits per heavy atom. The quantitative estimate of drug-likeness (QED) is 0.917. The number of hydrogen-bond donors (Lipinski definition) is 1. The molecule has 1 aliphatic rings. The van der Waals surface area contributed by atoms with Crippen LogP contribution >= 0.6 is 0 Å². The zero-order valence-corrected chi connectivity index (χ0v) is 11.9. The van der Waals surface area contributed by atoms with Gasteiger partial charge in [0.15, 0.2) is 0 Å². The maximum atomic E-state index is 12.6. The van der Waals surface area contributed by atoms with E-state index in [0.29, 0.717) is 18.7 Å². The summed E-state index contributed by atoms with van der Waals surface area (Å²) < 4.78 is 7.59. The Balaban J connectivity index is 1.88. The van der Waals surface area contributed by atoms with Crippen LogP contribution in [-0.4, -0.2) is 40.2 Å². The minimum absolute atomic E-state index is 0.0418. The van der Waals surface area contributed by atoms with E-state index < -0.39 is 0 Å². The number of rotatable bonds is 2. The summed E-state index contributed by atoms with van der Waals surface area (Å²) in [7, 11) is 1.66. The molecule has 2 heterocycles. The predicted molar refractivity (Wildman–Crippen MR) is 78.1 cm³/mol. The Hall–Kier alpha value is -2.27. The number of methoxy groups -OCH3 is 1. The van der Waals surface area contributed by atoms with Crippen LogP contribution in [0.4, 0.5) is 0 Å². The first-order valence-corrected chi connectivity index (χ1v) is 6.92. The lowest BCUT2D eigenvalue weighted by molar-refractivity contribution is 0.0459. The van der Waals surface area contributed by atoms with Crippen molar-refractivity contribution in [3.05, 3.63) is 53.9 Å². The van der Waals surface area contributed by atoms with Gasteiger partial charge in [0, 0.05) is 31.1 Å². The van der Waals surface area contributed by atoms with E-state index in [9.17, 15) is 9.90 Å². The monoisotopic (exact) mass is 286 g/mol. The number of carbonyl (C=O) groups is 1. The summed E-state index contributed by atoms with van der Waals surface area (Å²) in [5.41, 5.74) is 1.58. The Labute approximate surface area is 123 Å². The fraction of sp³-hybridized carbons (Fsp3) is 0.312. The van der Waals surface area contributed by atoms with Gasteiger partial charge in [-0.3, -0.25) is 4.79 Å². The van der Waals surface area contributed by atoms with Crippen LogP contribution in [0.3, 0.4) is 0 Å². The highest BCUT2D eigenvalue weighted by molar-refractivity contribution is 5.94. The molecule has 1 N–H and O–H groups in total. The van der Waals surface area contributed by atoms with Crippen LogP contribution in [0.25, 0.3) is 0 Å². The molecule has 0 fully saturated rings. The molecule has 3 rings (SSSR count). The van der Waals surface area contributed by atoms with Gasteiger partial charge >= 0.3 is 0 Å². The summed E-state index contributed by atoms with van der Waals surface area (Å²) in [5, 5.41) is 9.54. The molecule has 110 valence electrons. The molecule has 0 bridgehead atoms. The number of aromatic hydroxyl groups is 1. The van der Waals surface area contributed by atoms with Crippen molar-refractivity contribution in [3.8, 4) is 5.75 Å². The maximum absolute atomic E-state index is 12.6. The van der Waals surface area contributed by atoms with Crippen LogP contribution in [-0.2, 0) is 17.8 Å². The van der Waals surface area contributed by atoms with Crippen LogP contribution in [0, 0.1) is 0 Å². The summed E-state index contributed by atoms with van der Waals surface area (Å²) in [5.74, 6) is 0.00457. The van der Waals surface area contributed by atoms with E-state index in [2.05, 4.69) is 4.57 Å². The lowest BCUT2D eigenvalue weighted by Crippen LogP contribution is -2.36. The lowest BCUT2D eigenvalue weighted by atomic mass is 10.1. The zero-order chi connectivity index (χ0) is 14.8. The molecule has 1 aliphatic heterocycles. The van der Waals surface area contributed by atoms with Crippen molar-refractivity contribution >= 4 is 5.91 Å². The number of nitrogens with zero attached hydrogens (tertiary/aromatic N) is 2. The standard InChI is InChI=1S/C16H18N2O3/c1-21-15-10-17-7-3-5-13(17)9-18(11-15)16(20)12-4-2-6-14(19)8-12/h2-8,15,19H,9-11H2,1H3/t15-/m0/s1. The van der Waals surface area contributed by atoms with Crippen molar-refractivity contribution in [2.24, 2.45) is 0 Å². The average molecular weight is 286 g/mol. The number of aromatic nitrogens is 1. The van der Waals surface area contributed by atoms with E-state index in [1.54, 1.807) is 30.2 Å². The minimum atomic E-state index is -0.0948. The van der Waals surface area contributed by atoms with Gasteiger partial charge in [-0.1, -0.05) is 6.07 Å². The molecule has 1 aromatic carbocycles. The molecular weight excluding hydrogens is 268 g/mol. The maximum Gasteiger partial charge on any atom is 0.254 e. The third-order valence-corrected chi connectivity index (χ3v) is 3.81. The minimum Gasteiger partial charge on any atom is -0.508 e. The second-order valence-electron chi connectivity index (χ2n) is 5.25. The van der Waals surface area contributed by atoms with Gasteiger partial charge < -0.3 is 19.3 Å². The SMILES string of the molecule is CO[C@@H]1CN(C(=O)c2cccc(O)c2)Cc2cccn2C1. The molecule has 1 aromatic heterocycles. The van der Waals surface area contributed by atoms with Gasteiger partial charge in [0.1, 0.15) is 5.75 Å². The first-order chi connectivity index (χ1) is 10.2. The number of phenolic OH excluding ortho intramolecular Hbond substituents is 1. The van der Waals surface area contributed by atoms with Crippen LogP contribution in [0.5, 0.6) is 5.75 Å². The van der Waals surface area contributed by atoms with Crippen LogP contribution in [0.15, 0.2) is 42.6 Å². The van der Waals surface area contributed by atoms with Gasteiger partial charge in [0.05, 0.1) is 19.2 Å². The first kappa shape index (κ1) is 13.7. The van der Waals surface area contributed by atoms with Crippen molar-refractivity contribution in [3.63, 3.8) is 0 Å². The van der Waals surface area contributed by atoms with Crippen LogP contribution in [0.1, 0.15) is 16.1 Å². The van der Waals surface area contributed by atoms with E-state index in [1.807, 2.05) is 18.3 Å². The van der Waals surface area contributed by atoms with Crippen molar-refractivity contribution in [2.75, 3.05) is 13.7 Å². The number of amides is 1. The fourth-order valence-corrected chi connectivity index (χ4v) is 2.68. The van der Waals surface area contributed by atoms with Gasteiger partial charge in [0.2, 0.25) is 0 Å². The number of hydrogen-bond acceptors (Lipinski definition) is 3. The molecule has 1 amide bonds. The smallest absolute Gasteiger partial charge is 0.254 e. The third-order valence-electron chi connectivity index (χ3n) is 3.81. The van der Waals surface area contributed by atoms with E-state index >= 15 is 0 Å². The molecule has 0 spiro atoms. The summed E-state index contributed by atoms with van der Waals surface area (Å²) in [4.78, 5) is 14.4. The first-order valence-electron chi connectivity index (χ1n) is 6.92. The molecule has 0 unspecified atom stereocenters. The number of benzene rings is 1. The number of fused-ring (bicyclic) bond motifs is 1. The van der Waals surface area contributed by atoms with Gasteiger partial charge in [-0.25, -0.2) is 0 Å². The average Bonchev–Trinajstić information content (AvgIpc) is 2.84. The molecule has 5 nitrogen and oxygen atoms in total. The van der Waals surface area contributed by atoms with Gasteiger partial charge in [0.25, 0.3) is 5.91 Å². The highest BCUT2D eigenvalue weighted by Gasteiger charge is 2.25. The highest BCUT2D eigenvalue weighted by Crippen LogP contribution is 2.19. The predicted octanol–water partition coefficient (Wildman–Crippen LogP) is 1.86. The van der Waals surface area contributed by atoms with Crippen LogP contribution in [0.2, 0.25) is 0 Å². The molecule has 0 radical (unpaired) electrons. The second-order valence-corrected chi connectivity index (χ2v) is 5.25. The number of carbonyl (C=O) groups excluding carboxylic acids is 1. The Morgan fingerprint density at radius 3 is 2.90 bits per heavy atom. The number of phenols is 1. The zero-order valence-electron chi connectivity index (χ0n) is 11.9. The van der Waals surface area contributed by atoms with Gasteiger partial charge in [-0.05, 0) is 30.3 Å². The Kier molecular flexibility index (Phi) is 3.66. The van der Waals surface area contributed by atoms with Crippen molar-refractivity contribution < 1.29 is 14.6 Å². The van der Waals surface area contributed by atoms with Crippen molar-refractivity contribution in [1.82, 2.24) is 9.47 Å². The largest absolute Gasteiger partial charge is 0.508 e. The van der Waals surface area contributed by atoms with Gasteiger partial charge in [-0.15, -0.1) is 0 Å². The Morgan fingerprint density at radius 2 is 2.14 bits per heavy atom. The molecule has 2 aromatic rings. The van der Waals surface area contributed by atoms with E-state index in [4.69, 9.17) is 4.74 Å². The lowest BCUT2D eigenvalue weighted by Gasteiger charge is -2.23. The van der Waals surface area contributed by atoms with Gasteiger partial charge in [-0.2, -0.15) is 0 Å². The summed E-state index contributed by atoms with van der Waals surface area (Å²) in [6, 6.07) is 10.4. The van der Waals surface area contributed by atoms with Crippen molar-refractivity contribution in [1.29, 1.82) is 0 Å². The summed E-state index contributed by atoms with van der Waals surface area (Å²) in [6.07, 6.45) is 1.96. The van der Waals surface area contributed by atoms with E-state index in [0.717, 1.165) is 12.2 Å². The molecular formula is C16H18N2O3. The highest BCUT2D eigenvalue weighted by atomic mass is 16.5. The fourth-order valence-electron chi connectivity index (χ4n) is 2.68. The molecule has 1 atom stereocenters. The molecule has 5 heteroatoms. The summed E-state index contributed by atoms with van der Waals surface area (Å²) in [6.45, 7) is 1.82.